The van der Waals surface area contributed by atoms with Crippen molar-refractivity contribution in [2.45, 2.75) is 20.3 Å². The third-order valence-corrected chi connectivity index (χ3v) is 4.74. The highest BCUT2D eigenvalue weighted by Gasteiger charge is 2.22. The van der Waals surface area contributed by atoms with Crippen LogP contribution in [0, 0.1) is 0 Å². The molecule has 0 saturated heterocycles. The lowest BCUT2D eigenvalue weighted by Gasteiger charge is -2.24. The molecule has 29 heavy (non-hydrogen) atoms. The molecular formula is C24H29N3O2. The molecule has 1 aromatic carbocycles. The summed E-state index contributed by atoms with van der Waals surface area (Å²) in [7, 11) is 0. The summed E-state index contributed by atoms with van der Waals surface area (Å²) in [6.45, 7) is 13.5. The molecule has 0 saturated carbocycles. The van der Waals surface area contributed by atoms with Crippen LogP contribution in [0.4, 0.5) is 5.69 Å². The van der Waals surface area contributed by atoms with Gasteiger partial charge in [0, 0.05) is 42.2 Å². The van der Waals surface area contributed by atoms with Gasteiger partial charge in [-0.25, -0.2) is 0 Å². The van der Waals surface area contributed by atoms with E-state index in [1.165, 1.54) is 5.57 Å². The van der Waals surface area contributed by atoms with E-state index in [2.05, 4.69) is 30.7 Å². The van der Waals surface area contributed by atoms with E-state index in [4.69, 9.17) is 0 Å². The van der Waals surface area contributed by atoms with Gasteiger partial charge in [0.2, 0.25) is 0 Å². The molecule has 1 aliphatic heterocycles. The molecule has 0 atom stereocenters. The lowest BCUT2D eigenvalue weighted by atomic mass is 10.1. The number of carbonyl (C=O) groups excluding carboxylic acids is 2. The molecule has 1 heterocycles. The van der Waals surface area contributed by atoms with Gasteiger partial charge in [-0.1, -0.05) is 38.3 Å². The molecule has 5 nitrogen and oxygen atoms in total. The van der Waals surface area contributed by atoms with E-state index in [0.29, 0.717) is 23.4 Å². The minimum absolute atomic E-state index is 0.0736. The van der Waals surface area contributed by atoms with Crippen molar-refractivity contribution in [2.24, 2.45) is 0 Å². The standard InChI is InChI=1S/C24H29N3O2/c1-5-9-10-18(6-2)23(28)26-21-13-11-20(12-14-21)24(29)27-16-15-25-17-19(7-3)22(27)8-4/h5-6,8-14,25H,1,4,7,15-17H2,2-3H3,(H,26,28)/b10-9-,18-6+. The molecule has 0 spiro atoms. The Bertz CT molecular complexity index is 861. The average molecular weight is 392 g/mol. The number of carbonyl (C=O) groups is 2. The molecule has 5 heteroatoms. The first-order valence-corrected chi connectivity index (χ1v) is 9.79. The highest BCUT2D eigenvalue weighted by atomic mass is 16.2. The van der Waals surface area contributed by atoms with Gasteiger partial charge in [-0.2, -0.15) is 0 Å². The van der Waals surface area contributed by atoms with Gasteiger partial charge in [0.25, 0.3) is 11.8 Å². The Hall–Kier alpha value is -3.18. The summed E-state index contributed by atoms with van der Waals surface area (Å²) in [5.74, 6) is -0.289. The Morgan fingerprint density at radius 1 is 1.24 bits per heavy atom. The van der Waals surface area contributed by atoms with Crippen molar-refractivity contribution < 1.29 is 9.59 Å². The maximum absolute atomic E-state index is 13.1. The lowest BCUT2D eigenvalue weighted by Crippen LogP contribution is -2.33. The number of rotatable bonds is 7. The molecule has 0 fully saturated rings. The number of hydrogen-bond donors (Lipinski definition) is 2. The second kappa shape index (κ2) is 11.0. The van der Waals surface area contributed by atoms with Gasteiger partial charge in [-0.05, 0) is 55.3 Å². The minimum atomic E-state index is -0.215. The van der Waals surface area contributed by atoms with Crippen molar-refractivity contribution >= 4 is 17.5 Å². The Balaban J connectivity index is 2.18. The van der Waals surface area contributed by atoms with Crippen LogP contribution in [0.5, 0.6) is 0 Å². The van der Waals surface area contributed by atoms with Crippen LogP contribution in [0.2, 0.25) is 0 Å². The molecule has 2 amide bonds. The number of benzene rings is 1. The number of amides is 2. The molecular weight excluding hydrogens is 362 g/mol. The quantitative estimate of drug-likeness (QED) is 0.541. The summed E-state index contributed by atoms with van der Waals surface area (Å²) in [6.07, 6.45) is 9.37. The van der Waals surface area contributed by atoms with Gasteiger partial charge in [0.15, 0.2) is 0 Å². The van der Waals surface area contributed by atoms with E-state index in [1.54, 1.807) is 66.5 Å². The topological polar surface area (TPSA) is 61.4 Å². The van der Waals surface area contributed by atoms with Crippen LogP contribution in [0.15, 0.2) is 84.6 Å². The molecule has 152 valence electrons. The lowest BCUT2D eigenvalue weighted by molar-refractivity contribution is -0.112. The Labute approximate surface area is 173 Å². The molecule has 0 bridgehead atoms. The summed E-state index contributed by atoms with van der Waals surface area (Å²) in [5.41, 5.74) is 3.78. The van der Waals surface area contributed by atoms with Gasteiger partial charge in [0.05, 0.1) is 0 Å². The van der Waals surface area contributed by atoms with Crippen molar-refractivity contribution in [1.29, 1.82) is 0 Å². The Morgan fingerprint density at radius 2 is 1.97 bits per heavy atom. The largest absolute Gasteiger partial charge is 0.322 e. The molecule has 0 unspecified atom stereocenters. The smallest absolute Gasteiger partial charge is 0.258 e. The molecule has 1 aliphatic rings. The Morgan fingerprint density at radius 3 is 2.55 bits per heavy atom. The van der Waals surface area contributed by atoms with Crippen LogP contribution in [-0.2, 0) is 4.79 Å². The fraction of sp³-hybridized carbons (Fsp3) is 0.250. The second-order valence-electron chi connectivity index (χ2n) is 6.55. The van der Waals surface area contributed by atoms with Crippen LogP contribution in [0.1, 0.15) is 30.6 Å². The van der Waals surface area contributed by atoms with E-state index in [9.17, 15) is 9.59 Å². The fourth-order valence-electron chi connectivity index (χ4n) is 3.13. The van der Waals surface area contributed by atoms with Crippen molar-refractivity contribution in [1.82, 2.24) is 10.2 Å². The van der Waals surface area contributed by atoms with Gasteiger partial charge in [0.1, 0.15) is 0 Å². The predicted octanol–water partition coefficient (Wildman–Crippen LogP) is 4.21. The van der Waals surface area contributed by atoms with Gasteiger partial charge < -0.3 is 15.5 Å². The predicted molar refractivity (Wildman–Crippen MR) is 120 cm³/mol. The van der Waals surface area contributed by atoms with Crippen LogP contribution in [0.25, 0.3) is 0 Å². The third kappa shape index (κ3) is 5.65. The zero-order valence-corrected chi connectivity index (χ0v) is 17.2. The third-order valence-electron chi connectivity index (χ3n) is 4.74. The first-order chi connectivity index (χ1) is 14.0. The van der Waals surface area contributed by atoms with Crippen molar-refractivity contribution in [3.05, 3.63) is 90.2 Å². The molecule has 1 aromatic rings. The average Bonchev–Trinajstić information content (AvgIpc) is 2.96. The molecule has 0 aromatic heterocycles. The first kappa shape index (κ1) is 22.1. The second-order valence-corrected chi connectivity index (χ2v) is 6.55. The monoisotopic (exact) mass is 391 g/mol. The number of allylic oxidation sites excluding steroid dienone is 4. The maximum Gasteiger partial charge on any atom is 0.258 e. The molecule has 2 N–H and O–H groups in total. The SMILES string of the molecule is C=C/C=C\C(=C/C)C(=O)Nc1ccc(C(=O)N2CCNCC(CC)=C2C=C)cc1. The van der Waals surface area contributed by atoms with Gasteiger partial charge in [-0.15, -0.1) is 0 Å². The summed E-state index contributed by atoms with van der Waals surface area (Å²) in [6, 6.07) is 6.95. The highest BCUT2D eigenvalue weighted by molar-refractivity contribution is 6.06. The van der Waals surface area contributed by atoms with Gasteiger partial charge >= 0.3 is 0 Å². The van der Waals surface area contributed by atoms with Crippen LogP contribution in [-0.4, -0.2) is 36.3 Å². The first-order valence-electron chi connectivity index (χ1n) is 9.79. The fourth-order valence-corrected chi connectivity index (χ4v) is 3.13. The van der Waals surface area contributed by atoms with Crippen molar-refractivity contribution in [2.75, 3.05) is 25.0 Å². The number of nitrogens with one attached hydrogen (secondary N) is 2. The molecule has 2 rings (SSSR count). The summed E-state index contributed by atoms with van der Waals surface area (Å²) < 4.78 is 0. The number of nitrogens with zero attached hydrogens (tertiary/aromatic N) is 1. The molecule has 0 radical (unpaired) electrons. The van der Waals surface area contributed by atoms with Crippen molar-refractivity contribution in [3.63, 3.8) is 0 Å². The molecule has 0 aliphatic carbocycles. The van der Waals surface area contributed by atoms with E-state index >= 15 is 0 Å². The van der Waals surface area contributed by atoms with E-state index in [-0.39, 0.29) is 11.8 Å². The highest BCUT2D eigenvalue weighted by Crippen LogP contribution is 2.20. The summed E-state index contributed by atoms with van der Waals surface area (Å²) in [4.78, 5) is 27.2. The van der Waals surface area contributed by atoms with E-state index in [0.717, 1.165) is 25.2 Å². The number of anilines is 1. The van der Waals surface area contributed by atoms with E-state index in [1.807, 2.05) is 0 Å². The van der Waals surface area contributed by atoms with Crippen LogP contribution < -0.4 is 10.6 Å². The van der Waals surface area contributed by atoms with Crippen LogP contribution in [0.3, 0.4) is 0 Å². The number of hydrogen-bond acceptors (Lipinski definition) is 3. The van der Waals surface area contributed by atoms with Gasteiger partial charge in [-0.3, -0.25) is 9.59 Å². The summed E-state index contributed by atoms with van der Waals surface area (Å²) in [5, 5.41) is 6.19. The zero-order valence-electron chi connectivity index (χ0n) is 17.2. The maximum atomic E-state index is 13.1. The normalized spacial score (nSPS) is 15.2. The van der Waals surface area contributed by atoms with E-state index < -0.39 is 0 Å². The van der Waals surface area contributed by atoms with Crippen LogP contribution >= 0.6 is 0 Å². The van der Waals surface area contributed by atoms with Crippen molar-refractivity contribution in [3.8, 4) is 0 Å². The summed E-state index contributed by atoms with van der Waals surface area (Å²) >= 11 is 0. The zero-order chi connectivity index (χ0) is 21.2. The Kier molecular flexibility index (Phi) is 8.37. The minimum Gasteiger partial charge on any atom is -0.322 e.